The van der Waals surface area contributed by atoms with Gasteiger partial charge in [-0.3, -0.25) is 4.79 Å². The lowest BCUT2D eigenvalue weighted by Gasteiger charge is -2.11. The topological polar surface area (TPSA) is 79.5 Å². The molecule has 0 fully saturated rings. The smallest absolute Gasteiger partial charge is 0.387 e. The third-order valence-electron chi connectivity index (χ3n) is 3.93. The first-order valence-electron chi connectivity index (χ1n) is 8.91. The van der Waals surface area contributed by atoms with Crippen molar-refractivity contribution in [3.05, 3.63) is 59.7 Å². The molecule has 0 bridgehead atoms. The van der Waals surface area contributed by atoms with Gasteiger partial charge in [-0.15, -0.1) is 0 Å². The fourth-order valence-electron chi connectivity index (χ4n) is 2.53. The zero-order valence-electron chi connectivity index (χ0n) is 15.5. The monoisotopic (exact) mass is 391 g/mol. The van der Waals surface area contributed by atoms with E-state index in [-0.39, 0.29) is 18.2 Å². The average molecular weight is 391 g/mol. The second-order valence-electron chi connectivity index (χ2n) is 5.94. The van der Waals surface area contributed by atoms with Crippen LogP contribution in [0.25, 0.3) is 0 Å². The summed E-state index contributed by atoms with van der Waals surface area (Å²) >= 11 is 0. The van der Waals surface area contributed by atoms with Crippen LogP contribution in [0.15, 0.2) is 48.5 Å². The van der Waals surface area contributed by atoms with Gasteiger partial charge in [0.2, 0.25) is 5.91 Å². The molecular formula is C20H23F2N3O3. The predicted octanol–water partition coefficient (Wildman–Crippen LogP) is 3.33. The van der Waals surface area contributed by atoms with Crippen LogP contribution in [0, 0.1) is 0 Å². The third-order valence-corrected chi connectivity index (χ3v) is 3.93. The minimum Gasteiger partial charge on any atom is -0.435 e. The number of urea groups is 1. The number of hydrogen-bond acceptors (Lipinski definition) is 3. The molecule has 150 valence electrons. The molecule has 2 aromatic rings. The van der Waals surface area contributed by atoms with Gasteiger partial charge in [-0.05, 0) is 42.2 Å². The molecule has 8 heteroatoms. The highest BCUT2D eigenvalue weighted by molar-refractivity contribution is 5.94. The lowest BCUT2D eigenvalue weighted by atomic mass is 10.1. The van der Waals surface area contributed by atoms with Gasteiger partial charge in [0, 0.05) is 12.2 Å². The quantitative estimate of drug-likeness (QED) is 0.613. The number of amides is 3. The summed E-state index contributed by atoms with van der Waals surface area (Å²) in [5.41, 5.74) is 2.61. The highest BCUT2D eigenvalue weighted by Crippen LogP contribution is 2.15. The number of nitrogens with one attached hydrogen (secondary N) is 3. The molecule has 0 aliphatic carbocycles. The number of rotatable bonds is 9. The van der Waals surface area contributed by atoms with Gasteiger partial charge >= 0.3 is 12.6 Å². The number of halogens is 2. The number of aryl methyl sites for hydroxylation is 1. The molecule has 3 N–H and O–H groups in total. The van der Waals surface area contributed by atoms with Crippen LogP contribution in [0.2, 0.25) is 0 Å². The molecule has 0 saturated heterocycles. The Morgan fingerprint density at radius 1 is 1.04 bits per heavy atom. The lowest BCUT2D eigenvalue weighted by Crippen LogP contribution is -2.40. The van der Waals surface area contributed by atoms with Gasteiger partial charge in [0.15, 0.2) is 0 Å². The first kappa shape index (κ1) is 21.1. The Labute approximate surface area is 162 Å². The minimum atomic E-state index is -2.86. The zero-order chi connectivity index (χ0) is 20.4. The van der Waals surface area contributed by atoms with Crippen LogP contribution in [-0.2, 0) is 17.6 Å². The minimum absolute atomic E-state index is 0.0834. The van der Waals surface area contributed by atoms with Gasteiger partial charge in [0.1, 0.15) is 5.75 Å². The van der Waals surface area contributed by atoms with Gasteiger partial charge < -0.3 is 20.7 Å². The standard InChI is InChI=1S/C20H23F2N3O3/c1-2-15-5-3-4-6-17(15)25-18(26)13-24-20(27)23-12-11-14-7-9-16(10-8-14)28-19(21)22/h3-10,19H,2,11-13H2,1H3,(H,25,26)(H2,23,24,27). The Morgan fingerprint density at radius 2 is 1.75 bits per heavy atom. The van der Waals surface area contributed by atoms with Gasteiger partial charge in [-0.25, -0.2) is 4.79 Å². The molecule has 0 radical (unpaired) electrons. The Hall–Kier alpha value is -3.16. The molecule has 3 amide bonds. The van der Waals surface area contributed by atoms with Crippen LogP contribution < -0.4 is 20.7 Å². The lowest BCUT2D eigenvalue weighted by molar-refractivity contribution is -0.115. The Bertz CT molecular complexity index is 783. The molecule has 0 aromatic heterocycles. The van der Waals surface area contributed by atoms with E-state index in [1.54, 1.807) is 12.1 Å². The summed E-state index contributed by atoms with van der Waals surface area (Å²) in [7, 11) is 0. The molecule has 2 aromatic carbocycles. The maximum absolute atomic E-state index is 12.1. The normalized spacial score (nSPS) is 10.4. The summed E-state index contributed by atoms with van der Waals surface area (Å²) < 4.78 is 28.5. The fraction of sp³-hybridized carbons (Fsp3) is 0.300. The maximum Gasteiger partial charge on any atom is 0.387 e. The van der Waals surface area contributed by atoms with Crippen molar-refractivity contribution in [3.8, 4) is 5.75 Å². The van der Waals surface area contributed by atoms with E-state index in [1.807, 2.05) is 31.2 Å². The fourth-order valence-corrected chi connectivity index (χ4v) is 2.53. The molecule has 2 rings (SSSR count). The van der Waals surface area contributed by atoms with Crippen molar-refractivity contribution in [1.29, 1.82) is 0 Å². The Balaban J connectivity index is 1.67. The van der Waals surface area contributed by atoms with Crippen LogP contribution in [-0.4, -0.2) is 31.6 Å². The van der Waals surface area contributed by atoms with E-state index < -0.39 is 12.6 Å². The summed E-state index contributed by atoms with van der Waals surface area (Å²) in [5, 5.41) is 7.90. The number of carbonyl (C=O) groups excluding carboxylic acids is 2. The van der Waals surface area contributed by atoms with Gasteiger partial charge in [-0.2, -0.15) is 8.78 Å². The van der Waals surface area contributed by atoms with Crippen LogP contribution in [0.4, 0.5) is 19.3 Å². The van der Waals surface area contributed by atoms with Crippen LogP contribution in [0.1, 0.15) is 18.1 Å². The number of benzene rings is 2. The van der Waals surface area contributed by atoms with Crippen molar-refractivity contribution in [2.75, 3.05) is 18.4 Å². The molecule has 0 spiro atoms. The van der Waals surface area contributed by atoms with Gasteiger partial charge in [0.05, 0.1) is 6.54 Å². The highest BCUT2D eigenvalue weighted by atomic mass is 19.3. The van der Waals surface area contributed by atoms with Crippen LogP contribution in [0.3, 0.4) is 0 Å². The van der Waals surface area contributed by atoms with Crippen molar-refractivity contribution in [3.63, 3.8) is 0 Å². The second kappa shape index (κ2) is 10.9. The SMILES string of the molecule is CCc1ccccc1NC(=O)CNC(=O)NCCc1ccc(OC(F)F)cc1. The number of para-hydroxylation sites is 1. The first-order valence-corrected chi connectivity index (χ1v) is 8.91. The van der Waals surface area contributed by atoms with Crippen molar-refractivity contribution in [2.24, 2.45) is 0 Å². The van der Waals surface area contributed by atoms with E-state index in [0.29, 0.717) is 13.0 Å². The van der Waals surface area contributed by atoms with Crippen LogP contribution in [0.5, 0.6) is 5.75 Å². The number of carbonyl (C=O) groups is 2. The number of anilines is 1. The second-order valence-corrected chi connectivity index (χ2v) is 5.94. The van der Waals surface area contributed by atoms with E-state index in [1.165, 1.54) is 12.1 Å². The number of ether oxygens (including phenoxy) is 1. The zero-order valence-corrected chi connectivity index (χ0v) is 15.5. The Morgan fingerprint density at radius 3 is 2.43 bits per heavy atom. The van der Waals surface area contributed by atoms with E-state index >= 15 is 0 Å². The molecule has 0 saturated carbocycles. The van der Waals surface area contributed by atoms with Crippen molar-refractivity contribution in [2.45, 2.75) is 26.4 Å². The summed E-state index contributed by atoms with van der Waals surface area (Å²) in [4.78, 5) is 23.8. The van der Waals surface area contributed by atoms with E-state index in [9.17, 15) is 18.4 Å². The molecule has 0 aliphatic rings. The molecule has 28 heavy (non-hydrogen) atoms. The summed E-state index contributed by atoms with van der Waals surface area (Å²) in [6, 6.07) is 13.2. The van der Waals surface area contributed by atoms with Gasteiger partial charge in [-0.1, -0.05) is 37.3 Å². The van der Waals surface area contributed by atoms with Gasteiger partial charge in [0.25, 0.3) is 0 Å². The van der Waals surface area contributed by atoms with Crippen LogP contribution >= 0.6 is 0 Å². The molecule has 0 unspecified atom stereocenters. The van der Waals surface area contributed by atoms with E-state index in [0.717, 1.165) is 23.2 Å². The summed E-state index contributed by atoms with van der Waals surface area (Å²) in [6.07, 6.45) is 1.30. The average Bonchev–Trinajstić information content (AvgIpc) is 2.68. The number of alkyl halides is 2. The third kappa shape index (κ3) is 7.22. The maximum atomic E-state index is 12.1. The van der Waals surface area contributed by atoms with Crippen molar-refractivity contribution >= 4 is 17.6 Å². The molecular weight excluding hydrogens is 368 g/mol. The largest absolute Gasteiger partial charge is 0.435 e. The number of hydrogen-bond donors (Lipinski definition) is 3. The van der Waals surface area contributed by atoms with Crippen molar-refractivity contribution < 1.29 is 23.1 Å². The molecule has 0 aliphatic heterocycles. The summed E-state index contributed by atoms with van der Waals surface area (Å²) in [6.45, 7) is -0.676. The first-order chi connectivity index (χ1) is 13.5. The predicted molar refractivity (Wildman–Crippen MR) is 103 cm³/mol. The van der Waals surface area contributed by atoms with E-state index in [4.69, 9.17) is 0 Å². The summed E-state index contributed by atoms with van der Waals surface area (Å²) in [5.74, 6) is -0.231. The molecule has 0 atom stereocenters. The van der Waals surface area contributed by atoms with Crippen molar-refractivity contribution in [1.82, 2.24) is 10.6 Å². The highest BCUT2D eigenvalue weighted by Gasteiger charge is 2.08. The van der Waals surface area contributed by atoms with E-state index in [2.05, 4.69) is 20.7 Å². The Kier molecular flexibility index (Phi) is 8.20. The molecule has 0 heterocycles. The molecule has 6 nitrogen and oxygen atoms in total.